The Bertz CT molecular complexity index is 1050. The fraction of sp³-hybridized carbons (Fsp3) is 0.522. The normalized spacial score (nSPS) is 17.6. The van der Waals surface area contributed by atoms with Crippen LogP contribution in [-0.4, -0.2) is 45.5 Å². The topological polar surface area (TPSA) is 76.5 Å². The number of carbonyl (C=O) groups excluding carboxylic acids is 2. The van der Waals surface area contributed by atoms with Crippen molar-refractivity contribution in [1.29, 1.82) is 0 Å². The minimum Gasteiger partial charge on any atom is -0.373 e. The molecule has 2 aliphatic heterocycles. The summed E-state index contributed by atoms with van der Waals surface area (Å²) in [6.07, 6.45) is -2.18. The molecule has 4 heterocycles. The molecule has 4 rings (SSSR count). The summed E-state index contributed by atoms with van der Waals surface area (Å²) in [5.74, 6) is -2.19. The van der Waals surface area contributed by atoms with E-state index in [1.165, 1.54) is 6.07 Å². The summed E-state index contributed by atoms with van der Waals surface area (Å²) in [6, 6.07) is 2.34. The zero-order chi connectivity index (χ0) is 25.0. The Morgan fingerprint density at radius 3 is 2.59 bits per heavy atom. The number of rotatable bonds is 4. The Hall–Kier alpha value is -2.95. The number of halogens is 4. The van der Waals surface area contributed by atoms with Gasteiger partial charge in [0.05, 0.1) is 24.5 Å². The molecular formula is C23H28F4N4O3. The SMILES string of the molecule is CC.C[C@H]1CCCN1C(=O)c1cc(C(=O)NCc2cnc(C(F)(F)F)c(F)c2)c2n1CCOC2. The number of pyridine rings is 1. The molecule has 0 aliphatic carbocycles. The van der Waals surface area contributed by atoms with Crippen LogP contribution in [-0.2, 0) is 30.6 Å². The lowest BCUT2D eigenvalue weighted by Gasteiger charge is -2.24. The van der Waals surface area contributed by atoms with Crippen molar-refractivity contribution < 1.29 is 31.9 Å². The van der Waals surface area contributed by atoms with Crippen LogP contribution in [0.1, 0.15) is 71.4 Å². The van der Waals surface area contributed by atoms with Gasteiger partial charge < -0.3 is 19.5 Å². The summed E-state index contributed by atoms with van der Waals surface area (Å²) in [6.45, 7) is 7.42. The summed E-state index contributed by atoms with van der Waals surface area (Å²) < 4.78 is 59.0. The van der Waals surface area contributed by atoms with Crippen LogP contribution in [0.25, 0.3) is 0 Å². The number of ether oxygens (including phenoxy) is 1. The summed E-state index contributed by atoms with van der Waals surface area (Å²) >= 11 is 0. The Morgan fingerprint density at radius 2 is 1.97 bits per heavy atom. The van der Waals surface area contributed by atoms with Crippen LogP contribution in [0.15, 0.2) is 18.3 Å². The first-order valence-electron chi connectivity index (χ1n) is 11.3. The van der Waals surface area contributed by atoms with Gasteiger partial charge in [0.25, 0.3) is 11.8 Å². The lowest BCUT2D eigenvalue weighted by Crippen LogP contribution is -2.35. The van der Waals surface area contributed by atoms with Crippen LogP contribution >= 0.6 is 0 Å². The van der Waals surface area contributed by atoms with Gasteiger partial charge in [-0.1, -0.05) is 13.8 Å². The molecule has 11 heteroatoms. The van der Waals surface area contributed by atoms with Crippen LogP contribution in [0.2, 0.25) is 0 Å². The molecule has 1 fully saturated rings. The Balaban J connectivity index is 0.00000158. The highest BCUT2D eigenvalue weighted by atomic mass is 19.4. The first-order valence-corrected chi connectivity index (χ1v) is 11.3. The minimum atomic E-state index is -4.90. The molecule has 34 heavy (non-hydrogen) atoms. The van der Waals surface area contributed by atoms with Crippen molar-refractivity contribution in [3.8, 4) is 0 Å². The Labute approximate surface area is 195 Å². The van der Waals surface area contributed by atoms with Crippen LogP contribution in [0.3, 0.4) is 0 Å². The maximum Gasteiger partial charge on any atom is 0.436 e. The molecular weight excluding hydrogens is 456 g/mol. The van der Waals surface area contributed by atoms with E-state index >= 15 is 0 Å². The highest BCUT2D eigenvalue weighted by Gasteiger charge is 2.36. The van der Waals surface area contributed by atoms with Crippen molar-refractivity contribution in [3.63, 3.8) is 0 Å². The lowest BCUT2D eigenvalue weighted by atomic mass is 10.2. The molecule has 0 radical (unpaired) electrons. The number of amides is 2. The van der Waals surface area contributed by atoms with E-state index in [0.29, 0.717) is 37.2 Å². The monoisotopic (exact) mass is 484 g/mol. The fourth-order valence-corrected chi connectivity index (χ4v) is 4.14. The van der Waals surface area contributed by atoms with Gasteiger partial charge >= 0.3 is 6.18 Å². The van der Waals surface area contributed by atoms with Crippen LogP contribution in [0.4, 0.5) is 17.6 Å². The van der Waals surface area contributed by atoms with Crippen LogP contribution in [0.5, 0.6) is 0 Å². The van der Waals surface area contributed by atoms with Crippen molar-refractivity contribution >= 4 is 11.8 Å². The lowest BCUT2D eigenvalue weighted by molar-refractivity contribution is -0.143. The zero-order valence-corrected chi connectivity index (χ0v) is 19.3. The molecule has 0 aromatic carbocycles. The maximum absolute atomic E-state index is 13.7. The number of alkyl halides is 3. The van der Waals surface area contributed by atoms with E-state index in [0.717, 1.165) is 19.0 Å². The summed E-state index contributed by atoms with van der Waals surface area (Å²) in [5, 5.41) is 2.56. The van der Waals surface area contributed by atoms with Crippen molar-refractivity contribution in [3.05, 3.63) is 52.4 Å². The van der Waals surface area contributed by atoms with Crippen LogP contribution < -0.4 is 5.32 Å². The fourth-order valence-electron chi connectivity index (χ4n) is 4.14. The second-order valence-electron chi connectivity index (χ2n) is 7.94. The second kappa shape index (κ2) is 10.5. The van der Waals surface area contributed by atoms with Crippen molar-refractivity contribution in [2.24, 2.45) is 0 Å². The molecule has 1 atom stereocenters. The number of nitrogens with one attached hydrogen (secondary N) is 1. The predicted molar refractivity (Wildman–Crippen MR) is 116 cm³/mol. The molecule has 2 aliphatic rings. The molecule has 0 bridgehead atoms. The highest BCUT2D eigenvalue weighted by Crippen LogP contribution is 2.30. The third-order valence-electron chi connectivity index (χ3n) is 5.80. The Morgan fingerprint density at radius 1 is 1.24 bits per heavy atom. The van der Waals surface area contributed by atoms with Crippen LogP contribution in [0, 0.1) is 5.82 Å². The molecule has 1 N–H and O–H groups in total. The molecule has 2 aromatic rings. The van der Waals surface area contributed by atoms with E-state index in [1.807, 2.05) is 20.8 Å². The van der Waals surface area contributed by atoms with E-state index in [-0.39, 0.29) is 36.2 Å². The van der Waals surface area contributed by atoms with Gasteiger partial charge in [-0.25, -0.2) is 9.37 Å². The van der Waals surface area contributed by atoms with E-state index in [2.05, 4.69) is 10.3 Å². The van der Waals surface area contributed by atoms with Gasteiger partial charge in [-0.05, 0) is 37.5 Å². The molecule has 1 saturated heterocycles. The molecule has 7 nitrogen and oxygen atoms in total. The number of likely N-dealkylation sites (tertiary alicyclic amines) is 1. The number of carbonyl (C=O) groups is 2. The largest absolute Gasteiger partial charge is 0.436 e. The first kappa shape index (κ1) is 25.7. The average Bonchev–Trinajstić information content (AvgIpc) is 3.41. The molecule has 186 valence electrons. The standard InChI is InChI=1S/C21H22F4N4O3.C2H6/c1-12-3-2-4-28(12)20(31)16-8-14(17-11-32-6-5-29(16)17)19(30)27-10-13-7-15(22)18(26-9-13)21(23,24)25;1-2/h7-9,12H,2-6,10-11H2,1H3,(H,27,30);1-2H3/t12-;/m0./s1. The summed E-state index contributed by atoms with van der Waals surface area (Å²) in [5.41, 5.74) is -0.314. The highest BCUT2D eigenvalue weighted by molar-refractivity contribution is 6.00. The minimum absolute atomic E-state index is 0.0790. The zero-order valence-electron chi connectivity index (χ0n) is 19.3. The third kappa shape index (κ3) is 5.24. The van der Waals surface area contributed by atoms with Gasteiger partial charge in [-0.2, -0.15) is 13.2 Å². The number of nitrogens with zero attached hydrogens (tertiary/aromatic N) is 3. The number of hydrogen-bond acceptors (Lipinski definition) is 4. The van der Waals surface area contributed by atoms with E-state index in [1.54, 1.807) is 9.47 Å². The van der Waals surface area contributed by atoms with Crippen molar-refractivity contribution in [1.82, 2.24) is 19.8 Å². The van der Waals surface area contributed by atoms with E-state index in [4.69, 9.17) is 4.74 Å². The third-order valence-corrected chi connectivity index (χ3v) is 5.80. The average molecular weight is 484 g/mol. The summed E-state index contributed by atoms with van der Waals surface area (Å²) in [4.78, 5) is 30.8. The van der Waals surface area contributed by atoms with Crippen molar-refractivity contribution in [2.75, 3.05) is 13.2 Å². The van der Waals surface area contributed by atoms with Crippen molar-refractivity contribution in [2.45, 2.75) is 65.5 Å². The van der Waals surface area contributed by atoms with Gasteiger partial charge in [-0.15, -0.1) is 0 Å². The molecule has 0 spiro atoms. The smallest absolute Gasteiger partial charge is 0.373 e. The summed E-state index contributed by atoms with van der Waals surface area (Å²) in [7, 11) is 0. The van der Waals surface area contributed by atoms with Gasteiger partial charge in [-0.3, -0.25) is 9.59 Å². The second-order valence-corrected chi connectivity index (χ2v) is 7.94. The van der Waals surface area contributed by atoms with E-state index < -0.39 is 23.6 Å². The number of aromatic nitrogens is 2. The first-order chi connectivity index (χ1) is 16.2. The molecule has 0 saturated carbocycles. The predicted octanol–water partition coefficient (Wildman–Crippen LogP) is 4.15. The van der Waals surface area contributed by atoms with E-state index in [9.17, 15) is 27.2 Å². The molecule has 2 amide bonds. The molecule has 2 aromatic heterocycles. The van der Waals surface area contributed by atoms with Gasteiger partial charge in [0.15, 0.2) is 11.5 Å². The van der Waals surface area contributed by atoms with Gasteiger partial charge in [0, 0.05) is 31.9 Å². The quantitative estimate of drug-likeness (QED) is 0.662. The Kier molecular flexibility index (Phi) is 7.96. The maximum atomic E-state index is 13.7. The number of fused-ring (bicyclic) bond motifs is 1. The van der Waals surface area contributed by atoms with Gasteiger partial charge in [0.1, 0.15) is 5.69 Å². The molecule has 0 unspecified atom stereocenters. The van der Waals surface area contributed by atoms with Gasteiger partial charge in [0.2, 0.25) is 0 Å². The number of hydrogen-bond donors (Lipinski definition) is 1.